The first kappa shape index (κ1) is 11.4. The van der Waals surface area contributed by atoms with Crippen molar-refractivity contribution < 1.29 is 9.53 Å². The number of esters is 1. The van der Waals surface area contributed by atoms with E-state index in [1.54, 1.807) is 18.5 Å². The Bertz CT molecular complexity index is 402. The Labute approximate surface area is 99.8 Å². The van der Waals surface area contributed by atoms with E-state index in [1.807, 2.05) is 6.92 Å². The van der Waals surface area contributed by atoms with Crippen molar-refractivity contribution in [2.75, 3.05) is 6.61 Å². The first-order chi connectivity index (χ1) is 7.70. The lowest BCUT2D eigenvalue weighted by atomic mass is 9.65. The average molecular weight is 240 g/mol. The molecule has 1 heterocycles. The fourth-order valence-corrected chi connectivity index (χ4v) is 2.40. The van der Waals surface area contributed by atoms with Gasteiger partial charge in [-0.2, -0.15) is 0 Å². The van der Waals surface area contributed by atoms with Crippen LogP contribution in [0.15, 0.2) is 18.5 Å². The van der Waals surface area contributed by atoms with Gasteiger partial charge in [0.2, 0.25) is 0 Å². The summed E-state index contributed by atoms with van der Waals surface area (Å²) < 4.78 is 5.13. The fourth-order valence-electron chi connectivity index (χ4n) is 2.11. The number of hydrogen-bond donors (Lipinski definition) is 0. The number of nitrogens with zero attached hydrogens (tertiary/aromatic N) is 1. The van der Waals surface area contributed by atoms with Gasteiger partial charge in [0.1, 0.15) is 0 Å². The van der Waals surface area contributed by atoms with Crippen molar-refractivity contribution in [1.82, 2.24) is 4.98 Å². The van der Waals surface area contributed by atoms with Gasteiger partial charge in [-0.25, -0.2) is 0 Å². The number of carbonyl (C=O) groups excluding carboxylic acids is 1. The summed E-state index contributed by atoms with van der Waals surface area (Å²) in [5, 5.41) is 0.600. The summed E-state index contributed by atoms with van der Waals surface area (Å²) in [7, 11) is 0. The molecule has 0 saturated heterocycles. The summed E-state index contributed by atoms with van der Waals surface area (Å²) in [4.78, 5) is 16.0. The van der Waals surface area contributed by atoms with E-state index in [0.29, 0.717) is 11.6 Å². The lowest BCUT2D eigenvalue weighted by molar-refractivity contribution is -0.153. The SMILES string of the molecule is CCOC(=O)C1(c2cnccc2Cl)CCC1. The molecule has 0 atom stereocenters. The highest BCUT2D eigenvalue weighted by Gasteiger charge is 2.48. The number of ether oxygens (including phenoxy) is 1. The summed E-state index contributed by atoms with van der Waals surface area (Å²) in [5.41, 5.74) is 0.266. The summed E-state index contributed by atoms with van der Waals surface area (Å²) in [5.74, 6) is -0.170. The Morgan fingerprint density at radius 3 is 2.88 bits per heavy atom. The van der Waals surface area contributed by atoms with Crippen LogP contribution >= 0.6 is 11.6 Å². The minimum absolute atomic E-state index is 0.170. The van der Waals surface area contributed by atoms with Gasteiger partial charge in [0.05, 0.1) is 12.0 Å². The van der Waals surface area contributed by atoms with Gasteiger partial charge in [0.15, 0.2) is 0 Å². The van der Waals surface area contributed by atoms with Gasteiger partial charge >= 0.3 is 5.97 Å². The van der Waals surface area contributed by atoms with Crippen molar-refractivity contribution in [1.29, 1.82) is 0 Å². The highest BCUT2D eigenvalue weighted by atomic mass is 35.5. The van der Waals surface area contributed by atoms with Gasteiger partial charge in [0, 0.05) is 23.0 Å². The third-order valence-corrected chi connectivity index (χ3v) is 3.49. The third kappa shape index (κ3) is 1.69. The minimum Gasteiger partial charge on any atom is -0.465 e. The van der Waals surface area contributed by atoms with Crippen molar-refractivity contribution in [3.63, 3.8) is 0 Å². The molecule has 0 amide bonds. The third-order valence-electron chi connectivity index (χ3n) is 3.16. The molecule has 1 aromatic rings. The largest absolute Gasteiger partial charge is 0.465 e. The molecular formula is C12H14ClNO2. The van der Waals surface area contributed by atoms with E-state index in [4.69, 9.17) is 16.3 Å². The summed E-state index contributed by atoms with van der Waals surface area (Å²) >= 11 is 6.12. The lowest BCUT2D eigenvalue weighted by Gasteiger charge is -2.39. The molecule has 1 saturated carbocycles. The van der Waals surface area contributed by atoms with Crippen LogP contribution in [0.4, 0.5) is 0 Å². The molecule has 1 aliphatic carbocycles. The van der Waals surface area contributed by atoms with Gasteiger partial charge in [-0.3, -0.25) is 9.78 Å². The second-order valence-electron chi connectivity index (χ2n) is 4.01. The molecule has 2 rings (SSSR count). The Kier molecular flexibility index (Phi) is 3.15. The number of halogens is 1. The van der Waals surface area contributed by atoms with E-state index in [9.17, 15) is 4.79 Å². The molecule has 16 heavy (non-hydrogen) atoms. The fraction of sp³-hybridized carbons (Fsp3) is 0.500. The second-order valence-corrected chi connectivity index (χ2v) is 4.42. The Hall–Kier alpha value is -1.09. The molecule has 0 unspecified atom stereocenters. The van der Waals surface area contributed by atoms with Gasteiger partial charge in [-0.15, -0.1) is 0 Å². The number of hydrogen-bond acceptors (Lipinski definition) is 3. The van der Waals surface area contributed by atoms with Crippen LogP contribution in [0, 0.1) is 0 Å². The molecule has 0 bridgehead atoms. The summed E-state index contributed by atoms with van der Waals surface area (Å²) in [6.07, 6.45) is 5.94. The van der Waals surface area contributed by atoms with Crippen LogP contribution in [-0.4, -0.2) is 17.6 Å². The second kappa shape index (κ2) is 4.42. The zero-order valence-electron chi connectivity index (χ0n) is 9.20. The number of carbonyl (C=O) groups is 1. The van der Waals surface area contributed by atoms with E-state index in [0.717, 1.165) is 24.8 Å². The van der Waals surface area contributed by atoms with Gasteiger partial charge < -0.3 is 4.74 Å². The Morgan fingerprint density at radius 2 is 2.38 bits per heavy atom. The van der Waals surface area contributed by atoms with E-state index in [1.165, 1.54) is 0 Å². The molecule has 86 valence electrons. The lowest BCUT2D eigenvalue weighted by Crippen LogP contribution is -2.44. The quantitative estimate of drug-likeness (QED) is 0.762. The highest BCUT2D eigenvalue weighted by molar-refractivity contribution is 6.31. The molecule has 0 aromatic carbocycles. The van der Waals surface area contributed by atoms with Crippen molar-refractivity contribution in [3.05, 3.63) is 29.0 Å². The smallest absolute Gasteiger partial charge is 0.316 e. The first-order valence-corrected chi connectivity index (χ1v) is 5.86. The van der Waals surface area contributed by atoms with Gasteiger partial charge in [-0.05, 0) is 25.8 Å². The molecule has 0 radical (unpaired) electrons. The van der Waals surface area contributed by atoms with Crippen LogP contribution < -0.4 is 0 Å². The maximum absolute atomic E-state index is 12.0. The molecule has 4 heteroatoms. The molecule has 1 aliphatic rings. The normalized spacial score (nSPS) is 17.6. The summed E-state index contributed by atoms with van der Waals surface area (Å²) in [6.45, 7) is 2.22. The van der Waals surface area contributed by atoms with Crippen LogP contribution in [0.3, 0.4) is 0 Å². The number of aromatic nitrogens is 1. The van der Waals surface area contributed by atoms with Crippen molar-refractivity contribution in [2.45, 2.75) is 31.6 Å². The zero-order chi connectivity index (χ0) is 11.6. The molecule has 0 N–H and O–H groups in total. The maximum atomic E-state index is 12.0. The molecule has 0 aliphatic heterocycles. The number of rotatable bonds is 3. The van der Waals surface area contributed by atoms with Gasteiger partial charge in [0.25, 0.3) is 0 Å². The predicted octanol–water partition coefficient (Wildman–Crippen LogP) is 2.72. The topological polar surface area (TPSA) is 39.2 Å². The van der Waals surface area contributed by atoms with Crippen LogP contribution in [-0.2, 0) is 14.9 Å². The number of pyridine rings is 1. The van der Waals surface area contributed by atoms with Crippen molar-refractivity contribution in [2.24, 2.45) is 0 Å². The molecule has 0 spiro atoms. The van der Waals surface area contributed by atoms with Crippen molar-refractivity contribution >= 4 is 17.6 Å². The van der Waals surface area contributed by atoms with Gasteiger partial charge in [-0.1, -0.05) is 18.0 Å². The first-order valence-electron chi connectivity index (χ1n) is 5.48. The molecule has 1 aromatic heterocycles. The van der Waals surface area contributed by atoms with Crippen LogP contribution in [0.5, 0.6) is 0 Å². The van der Waals surface area contributed by atoms with E-state index < -0.39 is 5.41 Å². The maximum Gasteiger partial charge on any atom is 0.316 e. The molecule has 1 fully saturated rings. The van der Waals surface area contributed by atoms with Crippen LogP contribution in [0.25, 0.3) is 0 Å². The predicted molar refractivity (Wildman–Crippen MR) is 61.4 cm³/mol. The molecule has 3 nitrogen and oxygen atoms in total. The average Bonchev–Trinajstić information content (AvgIpc) is 2.19. The monoisotopic (exact) mass is 239 g/mol. The van der Waals surface area contributed by atoms with E-state index in [2.05, 4.69) is 4.98 Å². The van der Waals surface area contributed by atoms with E-state index in [-0.39, 0.29) is 5.97 Å². The zero-order valence-corrected chi connectivity index (χ0v) is 9.96. The Balaban J connectivity index is 2.35. The molecular weight excluding hydrogens is 226 g/mol. The minimum atomic E-state index is -0.540. The van der Waals surface area contributed by atoms with Crippen LogP contribution in [0.1, 0.15) is 31.7 Å². The standard InChI is InChI=1S/C12H14ClNO2/c1-2-16-11(15)12(5-3-6-12)9-8-14-7-4-10(9)13/h4,7-8H,2-3,5-6H2,1H3. The summed E-state index contributed by atoms with van der Waals surface area (Å²) in [6, 6.07) is 1.72. The van der Waals surface area contributed by atoms with Crippen molar-refractivity contribution in [3.8, 4) is 0 Å². The Morgan fingerprint density at radius 1 is 1.62 bits per heavy atom. The van der Waals surface area contributed by atoms with Crippen LogP contribution in [0.2, 0.25) is 5.02 Å². The van der Waals surface area contributed by atoms with E-state index >= 15 is 0 Å². The highest BCUT2D eigenvalue weighted by Crippen LogP contribution is 2.46.